The largest absolute Gasteiger partial charge is 0.379 e. The predicted octanol–water partition coefficient (Wildman–Crippen LogP) is 0.773. The molecule has 0 radical (unpaired) electrons. The average molecular weight is 321 g/mol. The molecule has 1 fully saturated rings. The van der Waals surface area contributed by atoms with Crippen LogP contribution in [0.25, 0.3) is 0 Å². The summed E-state index contributed by atoms with van der Waals surface area (Å²) in [6.45, 7) is 9.61. The van der Waals surface area contributed by atoms with Gasteiger partial charge in [0.05, 0.1) is 13.2 Å². The second kappa shape index (κ2) is 8.31. The smallest absolute Gasteiger partial charge is 0.314 e. The molecule has 6 heteroatoms. The molecule has 0 saturated carbocycles. The van der Waals surface area contributed by atoms with Crippen LogP contribution in [0.5, 0.6) is 0 Å². The maximum absolute atomic E-state index is 11.9. The number of ether oxygens (including phenoxy) is 1. The van der Waals surface area contributed by atoms with Gasteiger partial charge in [-0.25, -0.2) is 4.79 Å². The van der Waals surface area contributed by atoms with Gasteiger partial charge < -0.3 is 15.4 Å². The van der Waals surface area contributed by atoms with E-state index in [9.17, 15) is 4.79 Å². The summed E-state index contributed by atoms with van der Waals surface area (Å²) in [6.07, 6.45) is 0.750. The zero-order valence-electron chi connectivity index (χ0n) is 13.6. The van der Waals surface area contributed by atoms with Crippen LogP contribution in [0.4, 0.5) is 4.79 Å². The van der Waals surface area contributed by atoms with Crippen LogP contribution in [-0.2, 0) is 4.74 Å². The lowest BCUT2D eigenvalue weighted by atomic mass is 10.4. The monoisotopic (exact) mass is 321 g/mol. The molecule has 0 aromatic heterocycles. The Morgan fingerprint density at radius 3 is 2.55 bits per heavy atom. The van der Waals surface area contributed by atoms with Crippen molar-refractivity contribution in [3.8, 4) is 0 Å². The fourth-order valence-electron chi connectivity index (χ4n) is 2.51. The number of hydrogen-bond acceptors (Lipinski definition) is 3. The van der Waals surface area contributed by atoms with Crippen molar-refractivity contribution in [1.82, 2.24) is 15.5 Å². The number of amides is 2. The molecule has 1 aliphatic heterocycles. The summed E-state index contributed by atoms with van der Waals surface area (Å²) in [5.41, 5.74) is 0. The summed E-state index contributed by atoms with van der Waals surface area (Å²) in [5.74, 6) is 0. The summed E-state index contributed by atoms with van der Waals surface area (Å²) >= 11 is 0. The first-order valence-corrected chi connectivity index (χ1v) is 11.2. The van der Waals surface area contributed by atoms with E-state index in [2.05, 4.69) is 52.9 Å². The second-order valence-electron chi connectivity index (χ2n) is 6.31. The van der Waals surface area contributed by atoms with Gasteiger partial charge in [0.25, 0.3) is 0 Å². The molecule has 0 unspecified atom stereocenters. The van der Waals surface area contributed by atoms with E-state index >= 15 is 0 Å². The van der Waals surface area contributed by atoms with Crippen LogP contribution < -0.4 is 15.8 Å². The van der Waals surface area contributed by atoms with E-state index < -0.39 is 8.07 Å². The fourth-order valence-corrected chi connectivity index (χ4v) is 4.41. The Labute approximate surface area is 134 Å². The standard InChI is InChI=1S/C16H27N3O2Si/c1-22(2,15-6-4-3-5-7-15)14-18-16(20)17-8-9-19-10-12-21-13-11-19/h3-7H,8-14H2,1-2H3,(H2,17,18,20). The Hall–Kier alpha value is -1.37. The molecular formula is C16H27N3O2Si. The fraction of sp³-hybridized carbons (Fsp3) is 0.562. The van der Waals surface area contributed by atoms with Crippen LogP contribution in [0.2, 0.25) is 13.1 Å². The molecule has 2 N–H and O–H groups in total. The summed E-state index contributed by atoms with van der Waals surface area (Å²) in [6, 6.07) is 10.4. The number of hydrogen-bond donors (Lipinski definition) is 2. The number of carbonyl (C=O) groups excluding carboxylic acids is 1. The minimum Gasteiger partial charge on any atom is -0.379 e. The zero-order valence-corrected chi connectivity index (χ0v) is 14.6. The van der Waals surface area contributed by atoms with E-state index in [4.69, 9.17) is 4.74 Å². The maximum atomic E-state index is 11.9. The first-order valence-electron chi connectivity index (χ1n) is 7.95. The number of rotatable bonds is 6. The van der Waals surface area contributed by atoms with E-state index in [1.165, 1.54) is 5.19 Å². The van der Waals surface area contributed by atoms with Crippen molar-refractivity contribution < 1.29 is 9.53 Å². The van der Waals surface area contributed by atoms with E-state index in [1.807, 2.05) is 6.07 Å². The summed E-state index contributed by atoms with van der Waals surface area (Å²) in [4.78, 5) is 14.2. The van der Waals surface area contributed by atoms with Crippen molar-refractivity contribution in [2.45, 2.75) is 13.1 Å². The van der Waals surface area contributed by atoms with Crippen LogP contribution in [0, 0.1) is 0 Å². The lowest BCUT2D eigenvalue weighted by Gasteiger charge is -2.27. The van der Waals surface area contributed by atoms with Gasteiger partial charge in [-0.05, 0) is 0 Å². The first kappa shape index (κ1) is 17.0. The summed E-state index contributed by atoms with van der Waals surface area (Å²) < 4.78 is 5.31. The average Bonchev–Trinajstić information content (AvgIpc) is 2.55. The van der Waals surface area contributed by atoms with Gasteiger partial charge in [-0.1, -0.05) is 48.6 Å². The minimum atomic E-state index is -1.61. The van der Waals surface area contributed by atoms with Gasteiger partial charge in [-0.2, -0.15) is 0 Å². The van der Waals surface area contributed by atoms with Crippen molar-refractivity contribution in [2.75, 3.05) is 45.6 Å². The molecule has 0 bridgehead atoms. The lowest BCUT2D eigenvalue weighted by molar-refractivity contribution is 0.0387. The van der Waals surface area contributed by atoms with Gasteiger partial charge in [-0.3, -0.25) is 4.90 Å². The number of morpholine rings is 1. The van der Waals surface area contributed by atoms with Crippen molar-refractivity contribution in [3.63, 3.8) is 0 Å². The van der Waals surface area contributed by atoms with E-state index in [-0.39, 0.29) is 6.03 Å². The Bertz CT molecular complexity index is 462. The summed E-state index contributed by atoms with van der Waals surface area (Å²) in [7, 11) is -1.61. The van der Waals surface area contributed by atoms with Crippen molar-refractivity contribution in [1.29, 1.82) is 0 Å². The number of nitrogens with one attached hydrogen (secondary N) is 2. The lowest BCUT2D eigenvalue weighted by Crippen LogP contribution is -2.54. The SMILES string of the molecule is C[Si](C)(CNC(=O)NCCN1CCOCC1)c1ccccc1. The molecule has 2 rings (SSSR count). The highest BCUT2D eigenvalue weighted by molar-refractivity contribution is 6.90. The van der Waals surface area contributed by atoms with E-state index in [1.54, 1.807) is 0 Å². The molecule has 1 saturated heterocycles. The topological polar surface area (TPSA) is 53.6 Å². The van der Waals surface area contributed by atoms with Crippen LogP contribution in [0.15, 0.2) is 30.3 Å². The third-order valence-electron chi connectivity index (χ3n) is 4.06. The van der Waals surface area contributed by atoms with Crippen LogP contribution in [0.3, 0.4) is 0 Å². The Morgan fingerprint density at radius 1 is 1.18 bits per heavy atom. The molecule has 1 aromatic rings. The quantitative estimate of drug-likeness (QED) is 0.761. The molecule has 0 spiro atoms. The summed E-state index contributed by atoms with van der Waals surface area (Å²) in [5, 5.41) is 7.34. The van der Waals surface area contributed by atoms with E-state index in [0.29, 0.717) is 6.54 Å². The molecule has 0 aliphatic carbocycles. The molecule has 1 heterocycles. The first-order chi connectivity index (χ1) is 10.6. The van der Waals surface area contributed by atoms with Crippen LogP contribution in [-0.4, -0.2) is 64.6 Å². The van der Waals surface area contributed by atoms with Crippen molar-refractivity contribution >= 4 is 19.3 Å². The molecule has 122 valence electrons. The molecule has 2 amide bonds. The third kappa shape index (κ3) is 5.44. The highest BCUT2D eigenvalue weighted by Gasteiger charge is 2.23. The predicted molar refractivity (Wildman–Crippen MR) is 92.2 cm³/mol. The third-order valence-corrected chi connectivity index (χ3v) is 7.02. The van der Waals surface area contributed by atoms with Gasteiger partial charge >= 0.3 is 6.03 Å². The zero-order chi connectivity index (χ0) is 15.8. The number of nitrogens with zero attached hydrogens (tertiary/aromatic N) is 1. The molecule has 5 nitrogen and oxygen atoms in total. The number of urea groups is 1. The van der Waals surface area contributed by atoms with Gasteiger partial charge in [0.2, 0.25) is 0 Å². The maximum Gasteiger partial charge on any atom is 0.314 e. The Kier molecular flexibility index (Phi) is 6.42. The van der Waals surface area contributed by atoms with Crippen molar-refractivity contribution in [3.05, 3.63) is 30.3 Å². The second-order valence-corrected chi connectivity index (χ2v) is 11.0. The highest BCUT2D eigenvalue weighted by atomic mass is 28.3. The molecule has 0 atom stereocenters. The Morgan fingerprint density at radius 2 is 1.86 bits per heavy atom. The van der Waals surface area contributed by atoms with Gasteiger partial charge in [-0.15, -0.1) is 0 Å². The van der Waals surface area contributed by atoms with Gasteiger partial charge in [0.15, 0.2) is 0 Å². The van der Waals surface area contributed by atoms with Gasteiger partial charge in [0.1, 0.15) is 8.07 Å². The number of carbonyl (C=O) groups is 1. The normalized spacial score (nSPS) is 16.3. The van der Waals surface area contributed by atoms with Crippen molar-refractivity contribution in [2.24, 2.45) is 0 Å². The molecule has 1 aliphatic rings. The minimum absolute atomic E-state index is 0.0650. The highest BCUT2D eigenvalue weighted by Crippen LogP contribution is 2.01. The Balaban J connectivity index is 1.66. The van der Waals surface area contributed by atoms with Gasteiger partial charge in [0, 0.05) is 32.3 Å². The van der Waals surface area contributed by atoms with E-state index in [0.717, 1.165) is 39.0 Å². The number of benzene rings is 1. The molecule has 22 heavy (non-hydrogen) atoms. The van der Waals surface area contributed by atoms with Crippen LogP contribution >= 0.6 is 0 Å². The molecular weight excluding hydrogens is 294 g/mol. The van der Waals surface area contributed by atoms with Crippen LogP contribution in [0.1, 0.15) is 0 Å². The molecule has 1 aromatic carbocycles.